The van der Waals surface area contributed by atoms with Gasteiger partial charge in [-0.2, -0.15) is 13.8 Å². The average Bonchev–Trinajstić information content (AvgIpc) is 3.40. The number of aromatic amines is 1. The summed E-state index contributed by atoms with van der Waals surface area (Å²) in [5.41, 5.74) is 0.208. The smallest absolute Gasteiger partial charge is 1.00 e. The van der Waals surface area contributed by atoms with Crippen molar-refractivity contribution in [2.45, 2.75) is 70.8 Å². The fraction of sp³-hybridized carbons (Fsp3) is 0.667. The Morgan fingerprint density at radius 3 is 2.31 bits per heavy atom. The van der Waals surface area contributed by atoms with Crippen LogP contribution in [-0.2, 0) is 4.74 Å². The molecule has 1 aliphatic heterocycles. The number of H-pyrrole nitrogens is 1. The summed E-state index contributed by atoms with van der Waals surface area (Å²) in [5.74, 6) is 1.12. The summed E-state index contributed by atoms with van der Waals surface area (Å²) >= 11 is 0. The Morgan fingerprint density at radius 2 is 1.78 bits per heavy atom. The first-order valence-electron chi connectivity index (χ1n) is 11.4. The molecular formula is C24H34ClMgN3O3. The van der Waals surface area contributed by atoms with Crippen LogP contribution in [0, 0.1) is 23.7 Å². The third-order valence-corrected chi connectivity index (χ3v) is 6.91. The average molecular weight is 472 g/mol. The molecule has 2 N–H and O–H groups in total. The summed E-state index contributed by atoms with van der Waals surface area (Å²) in [6, 6.07) is 1.87. The topological polar surface area (TPSA) is 88.1 Å². The largest absolute Gasteiger partial charge is 2.00 e. The van der Waals surface area contributed by atoms with Crippen LogP contribution >= 0.6 is 0 Å². The second kappa shape index (κ2) is 11.6. The Morgan fingerprint density at radius 1 is 1.16 bits per heavy atom. The summed E-state index contributed by atoms with van der Waals surface area (Å²) < 4.78 is 4.94. The van der Waals surface area contributed by atoms with Crippen molar-refractivity contribution in [2.75, 3.05) is 13.2 Å². The number of nitrogens with one attached hydrogen (secondary N) is 1. The number of nitrogens with zero attached hydrogens (tertiary/aromatic N) is 2. The second-order valence-corrected chi connectivity index (χ2v) is 9.65. The van der Waals surface area contributed by atoms with Gasteiger partial charge in [-0.05, 0) is 69.3 Å². The molecule has 4 aliphatic carbocycles. The Labute approximate surface area is 213 Å². The zero-order valence-electron chi connectivity index (χ0n) is 19.3. The Balaban J connectivity index is 0.000000314. The van der Waals surface area contributed by atoms with Gasteiger partial charge in [0.2, 0.25) is 0 Å². The molecule has 8 heteroatoms. The number of fused-ring (bicyclic) bond motifs is 1. The van der Waals surface area contributed by atoms with Gasteiger partial charge < -0.3 is 33.7 Å². The van der Waals surface area contributed by atoms with Crippen molar-refractivity contribution in [3.8, 4) is 0 Å². The van der Waals surface area contributed by atoms with Gasteiger partial charge in [0, 0.05) is 30.2 Å². The number of carbonyl (C=O) groups is 1. The zero-order valence-corrected chi connectivity index (χ0v) is 21.4. The molecule has 7 rings (SSSR count). The molecule has 0 spiro atoms. The molecule has 4 bridgehead atoms. The number of aromatic nitrogens is 3. The minimum Gasteiger partial charge on any atom is -1.00 e. The van der Waals surface area contributed by atoms with E-state index in [1.165, 1.54) is 25.6 Å². The fourth-order valence-electron chi connectivity index (χ4n) is 6.29. The van der Waals surface area contributed by atoms with E-state index in [1.54, 1.807) is 6.20 Å². The minimum absolute atomic E-state index is 0. The molecule has 0 radical (unpaired) electrons. The van der Waals surface area contributed by atoms with E-state index >= 15 is 0 Å². The summed E-state index contributed by atoms with van der Waals surface area (Å²) in [5, 5.41) is 11.6. The van der Waals surface area contributed by atoms with E-state index < -0.39 is 11.0 Å². The van der Waals surface area contributed by atoms with Gasteiger partial charge in [-0.3, -0.25) is 4.79 Å². The Bertz CT molecular complexity index is 865. The molecule has 5 fully saturated rings. The first kappa shape index (κ1) is 27.5. The monoisotopic (exact) mass is 471 g/mol. The van der Waals surface area contributed by atoms with Crippen LogP contribution in [0.25, 0.3) is 11.0 Å². The van der Waals surface area contributed by atoms with Gasteiger partial charge in [-0.25, -0.2) is 9.97 Å². The van der Waals surface area contributed by atoms with Gasteiger partial charge in [0.05, 0.1) is 5.60 Å². The molecule has 2 atom stereocenters. The van der Waals surface area contributed by atoms with Gasteiger partial charge in [0.1, 0.15) is 17.7 Å². The van der Waals surface area contributed by atoms with Gasteiger partial charge in [0.25, 0.3) is 0 Å². The number of hydrogen-bond donors (Lipinski definition) is 2. The van der Waals surface area contributed by atoms with Crippen LogP contribution in [0.5, 0.6) is 0 Å². The van der Waals surface area contributed by atoms with Crippen molar-refractivity contribution in [1.82, 2.24) is 15.0 Å². The fourth-order valence-corrected chi connectivity index (χ4v) is 6.29. The van der Waals surface area contributed by atoms with Crippen LogP contribution in [0.2, 0.25) is 0 Å². The van der Waals surface area contributed by atoms with E-state index in [-0.39, 0.29) is 41.2 Å². The molecule has 172 valence electrons. The Kier molecular flexibility index (Phi) is 9.98. The molecule has 3 heterocycles. The van der Waals surface area contributed by atoms with Crippen LogP contribution in [0.4, 0.5) is 0 Å². The third-order valence-electron chi connectivity index (χ3n) is 6.91. The Hall–Kier alpha value is -0.734. The van der Waals surface area contributed by atoms with Gasteiger partial charge in [-0.1, -0.05) is 0 Å². The van der Waals surface area contributed by atoms with Crippen molar-refractivity contribution in [3.63, 3.8) is 0 Å². The van der Waals surface area contributed by atoms with Gasteiger partial charge in [-0.15, -0.1) is 0 Å². The second-order valence-electron chi connectivity index (χ2n) is 9.65. The van der Waals surface area contributed by atoms with E-state index in [9.17, 15) is 9.90 Å². The summed E-state index contributed by atoms with van der Waals surface area (Å²) in [7, 11) is 0. The number of carbonyl (C=O) groups excluding carboxylic acids is 1. The quantitative estimate of drug-likeness (QED) is 0.389. The molecule has 2 unspecified atom stereocenters. The molecule has 0 amide bonds. The maximum absolute atomic E-state index is 13.3. The maximum atomic E-state index is 13.3. The number of aliphatic hydroxyl groups is 1. The number of halogens is 1. The van der Waals surface area contributed by atoms with Gasteiger partial charge in [0.15, 0.2) is 5.78 Å². The molecule has 6 nitrogen and oxygen atoms in total. The number of Topliss-reactive ketones (excluding diaryl/α,β-unsaturated/α-hetero) is 1. The molecule has 0 aromatic carbocycles. The number of ketones is 1. The van der Waals surface area contributed by atoms with Crippen LogP contribution < -0.4 is 12.4 Å². The van der Waals surface area contributed by atoms with E-state index in [1.807, 2.05) is 26.3 Å². The first-order valence-corrected chi connectivity index (χ1v) is 11.4. The van der Waals surface area contributed by atoms with Crippen molar-refractivity contribution < 1.29 is 27.0 Å². The van der Waals surface area contributed by atoms with Crippen LogP contribution in [-0.4, -0.2) is 67.7 Å². The summed E-state index contributed by atoms with van der Waals surface area (Å²) in [6.07, 6.45) is 13.2. The maximum Gasteiger partial charge on any atom is 2.00 e. The summed E-state index contributed by atoms with van der Waals surface area (Å²) in [4.78, 5) is 24.9. The normalized spacial score (nSPS) is 31.5. The molecule has 32 heavy (non-hydrogen) atoms. The van der Waals surface area contributed by atoms with E-state index in [4.69, 9.17) is 4.74 Å². The van der Waals surface area contributed by atoms with Crippen molar-refractivity contribution in [1.29, 1.82) is 0 Å². The summed E-state index contributed by atoms with van der Waals surface area (Å²) in [6.45, 7) is 6.00. The molecule has 4 saturated carbocycles. The predicted molar refractivity (Wildman–Crippen MR) is 122 cm³/mol. The first-order chi connectivity index (χ1) is 14.5. The predicted octanol–water partition coefficient (Wildman–Crippen LogP) is 1.12. The minimum atomic E-state index is -0.621. The molecule has 2 aromatic heterocycles. The SMILES string of the molecule is C1CCOC1.C[CH-]C.O=C(c1ncnc2[nH]ccc12)C12CC3CC(CC(O)(C3)C1)C2.[Cl-].[Mg+2]. The number of hydrogen-bond acceptors (Lipinski definition) is 5. The van der Waals surface area contributed by atoms with Crippen molar-refractivity contribution in [2.24, 2.45) is 17.3 Å². The van der Waals surface area contributed by atoms with Crippen LogP contribution in [0.1, 0.15) is 75.7 Å². The third kappa shape index (κ3) is 5.66. The van der Waals surface area contributed by atoms with Crippen molar-refractivity contribution in [3.05, 3.63) is 30.7 Å². The van der Waals surface area contributed by atoms with E-state index in [0.29, 0.717) is 29.6 Å². The number of rotatable bonds is 2. The molecule has 2 aromatic rings. The van der Waals surface area contributed by atoms with E-state index in [2.05, 4.69) is 15.0 Å². The van der Waals surface area contributed by atoms with Gasteiger partial charge >= 0.3 is 23.1 Å². The standard InChI is InChI=1S/C17H19N3O2.C4H8O.C3H7.ClH.Mg/c21-14(13-12-1-2-18-15(12)20-9-19-13)16-4-10-3-11(5-16)7-17(22,6-10)8-16;1-2-4-5-3-1;1-3-2;;/h1-2,9-11,22H,3-8H2,(H,18,19,20);1-4H2;3H,1-2H3;1H;/q;;-1;;+2/p-1. The van der Waals surface area contributed by atoms with Crippen LogP contribution in [0.3, 0.4) is 0 Å². The molecule has 5 aliphatic rings. The molecule has 1 saturated heterocycles. The van der Waals surface area contributed by atoms with Crippen LogP contribution in [0.15, 0.2) is 18.6 Å². The van der Waals surface area contributed by atoms with Crippen molar-refractivity contribution >= 4 is 39.9 Å². The molecular weight excluding hydrogens is 438 g/mol. The zero-order chi connectivity index (χ0) is 21.2. The van der Waals surface area contributed by atoms with E-state index in [0.717, 1.165) is 44.3 Å². The number of ether oxygens (including phenoxy) is 1.